The Morgan fingerprint density at radius 1 is 1.38 bits per heavy atom. The first kappa shape index (κ1) is 13.9. The fourth-order valence-corrected chi connectivity index (χ4v) is 3.26. The lowest BCUT2D eigenvalue weighted by molar-refractivity contribution is 0.349. The second-order valence-electron chi connectivity index (χ2n) is 6.13. The SMILES string of the molecule is Cc1ccc2c(N[C@@H]3CCCC[C@@H]3C)c(C(=N)N)cnn12. The predicted molar refractivity (Wildman–Crippen MR) is 86.0 cm³/mol. The number of nitrogens with one attached hydrogen (secondary N) is 2. The molecule has 5 heteroatoms. The van der Waals surface area contributed by atoms with Crippen molar-refractivity contribution in [1.82, 2.24) is 9.61 Å². The first-order chi connectivity index (χ1) is 10.1. The third-order valence-corrected chi connectivity index (χ3v) is 4.60. The molecule has 0 radical (unpaired) electrons. The van der Waals surface area contributed by atoms with Gasteiger partial charge in [0.05, 0.1) is 23.0 Å². The molecule has 5 nitrogen and oxygen atoms in total. The Morgan fingerprint density at radius 2 is 2.14 bits per heavy atom. The number of anilines is 1. The monoisotopic (exact) mass is 285 g/mol. The Hall–Kier alpha value is -2.04. The Kier molecular flexibility index (Phi) is 3.57. The molecule has 1 aliphatic carbocycles. The molecule has 0 amide bonds. The van der Waals surface area contributed by atoms with E-state index in [0.717, 1.165) is 16.9 Å². The van der Waals surface area contributed by atoms with Crippen LogP contribution in [-0.2, 0) is 0 Å². The van der Waals surface area contributed by atoms with Crippen molar-refractivity contribution in [2.75, 3.05) is 5.32 Å². The molecule has 1 fully saturated rings. The lowest BCUT2D eigenvalue weighted by atomic mass is 9.85. The van der Waals surface area contributed by atoms with Crippen molar-refractivity contribution < 1.29 is 0 Å². The van der Waals surface area contributed by atoms with Gasteiger partial charge in [-0.15, -0.1) is 0 Å². The van der Waals surface area contributed by atoms with E-state index in [9.17, 15) is 0 Å². The van der Waals surface area contributed by atoms with Crippen LogP contribution in [0.15, 0.2) is 18.3 Å². The second kappa shape index (κ2) is 5.39. The lowest BCUT2D eigenvalue weighted by Crippen LogP contribution is -2.31. The average Bonchev–Trinajstić information content (AvgIpc) is 2.83. The lowest BCUT2D eigenvalue weighted by Gasteiger charge is -2.31. The van der Waals surface area contributed by atoms with Crippen LogP contribution in [0.3, 0.4) is 0 Å². The zero-order valence-corrected chi connectivity index (χ0v) is 12.7. The number of nitrogen functional groups attached to an aromatic ring is 1. The summed E-state index contributed by atoms with van der Waals surface area (Å²) in [6.45, 7) is 4.33. The van der Waals surface area contributed by atoms with Gasteiger partial charge in [-0.2, -0.15) is 5.10 Å². The van der Waals surface area contributed by atoms with E-state index in [1.54, 1.807) is 6.20 Å². The zero-order chi connectivity index (χ0) is 15.0. The Bertz CT molecular complexity index is 673. The van der Waals surface area contributed by atoms with E-state index >= 15 is 0 Å². The van der Waals surface area contributed by atoms with Crippen LogP contribution in [0.4, 0.5) is 5.69 Å². The zero-order valence-electron chi connectivity index (χ0n) is 12.7. The highest BCUT2D eigenvalue weighted by Gasteiger charge is 2.23. The molecule has 0 aromatic carbocycles. The Labute approximate surface area is 125 Å². The van der Waals surface area contributed by atoms with Gasteiger partial charge in [-0.3, -0.25) is 5.41 Å². The summed E-state index contributed by atoms with van der Waals surface area (Å²) in [7, 11) is 0. The number of rotatable bonds is 3. The highest BCUT2D eigenvalue weighted by Crippen LogP contribution is 2.30. The third kappa shape index (κ3) is 2.48. The quantitative estimate of drug-likeness (QED) is 0.599. The van der Waals surface area contributed by atoms with Gasteiger partial charge in [0.1, 0.15) is 5.84 Å². The van der Waals surface area contributed by atoms with Crippen LogP contribution in [0.25, 0.3) is 5.52 Å². The van der Waals surface area contributed by atoms with E-state index in [4.69, 9.17) is 11.1 Å². The van der Waals surface area contributed by atoms with Crippen molar-refractivity contribution in [2.24, 2.45) is 11.7 Å². The van der Waals surface area contributed by atoms with Gasteiger partial charge in [0, 0.05) is 11.7 Å². The minimum atomic E-state index is 0.0646. The maximum absolute atomic E-state index is 7.81. The smallest absolute Gasteiger partial charge is 0.126 e. The number of fused-ring (bicyclic) bond motifs is 1. The number of amidine groups is 1. The van der Waals surface area contributed by atoms with Crippen LogP contribution in [-0.4, -0.2) is 21.5 Å². The van der Waals surface area contributed by atoms with Gasteiger partial charge in [-0.05, 0) is 37.8 Å². The summed E-state index contributed by atoms with van der Waals surface area (Å²) in [5, 5.41) is 15.9. The number of hydrogen-bond acceptors (Lipinski definition) is 3. The van der Waals surface area contributed by atoms with Gasteiger partial charge in [-0.1, -0.05) is 19.8 Å². The van der Waals surface area contributed by atoms with E-state index in [0.29, 0.717) is 17.5 Å². The molecule has 0 saturated heterocycles. The maximum Gasteiger partial charge on any atom is 0.126 e. The Morgan fingerprint density at radius 3 is 2.86 bits per heavy atom. The number of nitrogens with two attached hydrogens (primary N) is 1. The molecule has 3 rings (SSSR count). The van der Waals surface area contributed by atoms with Gasteiger partial charge < -0.3 is 11.1 Å². The van der Waals surface area contributed by atoms with Crippen molar-refractivity contribution in [3.8, 4) is 0 Å². The first-order valence-electron chi connectivity index (χ1n) is 7.66. The van der Waals surface area contributed by atoms with Crippen molar-refractivity contribution in [3.63, 3.8) is 0 Å². The van der Waals surface area contributed by atoms with Crippen LogP contribution < -0.4 is 11.1 Å². The minimum absolute atomic E-state index is 0.0646. The average molecular weight is 285 g/mol. The van der Waals surface area contributed by atoms with Crippen LogP contribution in [0, 0.1) is 18.3 Å². The van der Waals surface area contributed by atoms with Crippen molar-refractivity contribution >= 4 is 17.0 Å². The summed E-state index contributed by atoms with van der Waals surface area (Å²) in [5.41, 5.74) is 9.47. The van der Waals surface area contributed by atoms with Gasteiger partial charge in [0.25, 0.3) is 0 Å². The third-order valence-electron chi connectivity index (χ3n) is 4.60. The molecular formula is C16H23N5. The fraction of sp³-hybridized carbons (Fsp3) is 0.500. The van der Waals surface area contributed by atoms with Crippen molar-refractivity contribution in [1.29, 1.82) is 5.41 Å². The number of hydrogen-bond donors (Lipinski definition) is 3. The molecule has 2 atom stereocenters. The number of aromatic nitrogens is 2. The fourth-order valence-electron chi connectivity index (χ4n) is 3.26. The highest BCUT2D eigenvalue weighted by molar-refractivity contribution is 6.03. The summed E-state index contributed by atoms with van der Waals surface area (Å²) in [6.07, 6.45) is 6.70. The molecular weight excluding hydrogens is 262 g/mol. The van der Waals surface area contributed by atoms with Crippen molar-refractivity contribution in [2.45, 2.75) is 45.6 Å². The number of aryl methyl sites for hydroxylation is 1. The van der Waals surface area contributed by atoms with Crippen LogP contribution in [0.2, 0.25) is 0 Å². The van der Waals surface area contributed by atoms with E-state index in [-0.39, 0.29) is 5.84 Å². The molecule has 0 aliphatic heterocycles. The molecule has 0 unspecified atom stereocenters. The van der Waals surface area contributed by atoms with Gasteiger partial charge in [0.2, 0.25) is 0 Å². The summed E-state index contributed by atoms with van der Waals surface area (Å²) in [6, 6.07) is 4.53. The Balaban J connectivity index is 2.05. The van der Waals surface area contributed by atoms with E-state index in [1.165, 1.54) is 25.7 Å². The van der Waals surface area contributed by atoms with Gasteiger partial charge in [-0.25, -0.2) is 4.52 Å². The van der Waals surface area contributed by atoms with E-state index in [2.05, 4.69) is 17.3 Å². The standard InChI is InChI=1S/C16H23N5/c1-10-5-3-4-6-13(10)20-15-12(16(17)18)9-19-21-11(2)7-8-14(15)21/h7-10,13,20H,3-6H2,1-2H3,(H3,17,18)/t10-,13+/m0/s1. The normalized spacial score (nSPS) is 22.4. The summed E-state index contributed by atoms with van der Waals surface area (Å²) < 4.78 is 1.91. The summed E-state index contributed by atoms with van der Waals surface area (Å²) >= 11 is 0. The van der Waals surface area contributed by atoms with Crippen LogP contribution in [0.5, 0.6) is 0 Å². The maximum atomic E-state index is 7.81. The van der Waals surface area contributed by atoms with Crippen LogP contribution >= 0.6 is 0 Å². The topological polar surface area (TPSA) is 79.2 Å². The second-order valence-corrected chi connectivity index (χ2v) is 6.13. The molecule has 4 N–H and O–H groups in total. The van der Waals surface area contributed by atoms with E-state index < -0.39 is 0 Å². The molecule has 2 heterocycles. The highest BCUT2D eigenvalue weighted by atomic mass is 15.2. The van der Waals surface area contributed by atoms with Gasteiger partial charge in [0.15, 0.2) is 0 Å². The molecule has 2 aromatic heterocycles. The molecule has 2 aromatic rings. The molecule has 0 spiro atoms. The summed E-state index contributed by atoms with van der Waals surface area (Å²) in [5.74, 6) is 0.706. The molecule has 21 heavy (non-hydrogen) atoms. The predicted octanol–water partition coefficient (Wildman–Crippen LogP) is 2.92. The molecule has 0 bridgehead atoms. The minimum Gasteiger partial charge on any atom is -0.384 e. The molecule has 1 aliphatic rings. The molecule has 112 valence electrons. The molecule has 1 saturated carbocycles. The van der Waals surface area contributed by atoms with E-state index in [1.807, 2.05) is 23.6 Å². The summed E-state index contributed by atoms with van der Waals surface area (Å²) in [4.78, 5) is 0. The van der Waals surface area contributed by atoms with Crippen LogP contribution in [0.1, 0.15) is 43.9 Å². The largest absolute Gasteiger partial charge is 0.384 e. The van der Waals surface area contributed by atoms with Gasteiger partial charge >= 0.3 is 0 Å². The number of nitrogens with zero attached hydrogens (tertiary/aromatic N) is 2. The first-order valence-corrected chi connectivity index (χ1v) is 7.66. The van der Waals surface area contributed by atoms with Crippen molar-refractivity contribution in [3.05, 3.63) is 29.6 Å².